The number of carbonyl (C=O) groups excluding carboxylic acids is 4. The van der Waals surface area contributed by atoms with Crippen LogP contribution < -0.4 is 15.2 Å². The van der Waals surface area contributed by atoms with Gasteiger partial charge in [-0.3, -0.25) is 19.2 Å². The van der Waals surface area contributed by atoms with Gasteiger partial charge in [-0.25, -0.2) is 9.97 Å². The van der Waals surface area contributed by atoms with E-state index in [0.717, 1.165) is 92.9 Å². The van der Waals surface area contributed by atoms with Crippen LogP contribution in [0.25, 0.3) is 21.1 Å². The third-order valence-corrected chi connectivity index (χ3v) is 14.6. The zero-order chi connectivity index (χ0) is 44.3. The number of primary amides is 1. The van der Waals surface area contributed by atoms with Gasteiger partial charge in [-0.05, 0) is 114 Å². The number of nitrogens with two attached hydrogens (primary N) is 1. The molecule has 2 aromatic heterocycles. The van der Waals surface area contributed by atoms with Gasteiger partial charge in [0.05, 0.1) is 44.8 Å². The van der Waals surface area contributed by atoms with Crippen LogP contribution in [0, 0.1) is 0 Å². The molecule has 338 valence electrons. The molecular formula is C47H61N7O7S2. The Balaban J connectivity index is 0.000000189. The standard InChI is InChI=1S/C24H31N3O4S.C23H30N4O3S/c1-17-5-3-11-26(17)12-4-14-31-19-8-6-18(7-9-19)24-25-20-10-13-27(16-21(20)32-24)22(28)15-23(29)30-2;1-16-4-2-10-26(16)11-3-13-30-18-7-5-17(6-8-18)23-25-19-9-12-27(15-20(19)31-23)22(29)14-21(24)28/h6-9,17H,3-5,10-16H2,1-2H3;5-8,16H,2-4,9-15H2,1H3,(H2,24,28)/t17-;16-/m11/s1. The van der Waals surface area contributed by atoms with E-state index in [9.17, 15) is 19.2 Å². The minimum atomic E-state index is -0.589. The Morgan fingerprint density at radius 3 is 1.51 bits per heavy atom. The number of rotatable bonds is 16. The molecule has 0 radical (unpaired) electrons. The lowest BCUT2D eigenvalue weighted by molar-refractivity contribution is -0.147. The molecule has 4 aliphatic rings. The highest BCUT2D eigenvalue weighted by atomic mass is 32.1. The fourth-order valence-corrected chi connectivity index (χ4v) is 10.8. The maximum atomic E-state index is 12.3. The van der Waals surface area contributed by atoms with Crippen molar-refractivity contribution in [1.82, 2.24) is 29.6 Å². The fraction of sp³-hybridized carbons (Fsp3) is 0.532. The lowest BCUT2D eigenvalue weighted by Crippen LogP contribution is -2.37. The summed E-state index contributed by atoms with van der Waals surface area (Å²) >= 11 is 3.21. The van der Waals surface area contributed by atoms with E-state index in [0.29, 0.717) is 51.1 Å². The Hall–Kier alpha value is -4.90. The molecule has 63 heavy (non-hydrogen) atoms. The van der Waals surface area contributed by atoms with Gasteiger partial charge in [0.25, 0.3) is 0 Å². The van der Waals surface area contributed by atoms with Crippen LogP contribution in [0.1, 0.15) is 86.4 Å². The van der Waals surface area contributed by atoms with Crippen LogP contribution in [-0.2, 0) is 49.8 Å². The van der Waals surface area contributed by atoms with E-state index in [1.807, 2.05) is 48.5 Å². The van der Waals surface area contributed by atoms with E-state index >= 15 is 0 Å². The summed E-state index contributed by atoms with van der Waals surface area (Å²) in [5.74, 6) is 0.256. The van der Waals surface area contributed by atoms with Gasteiger partial charge >= 0.3 is 5.97 Å². The van der Waals surface area contributed by atoms with E-state index in [2.05, 4.69) is 28.4 Å². The maximum absolute atomic E-state index is 12.3. The second-order valence-electron chi connectivity index (χ2n) is 16.8. The van der Waals surface area contributed by atoms with Crippen molar-refractivity contribution in [3.8, 4) is 32.6 Å². The molecule has 4 aliphatic heterocycles. The number of benzene rings is 2. The summed E-state index contributed by atoms with van der Waals surface area (Å²) in [4.78, 5) is 67.0. The lowest BCUT2D eigenvalue weighted by Gasteiger charge is -2.25. The third kappa shape index (κ3) is 12.6. The topological polar surface area (TPSA) is 161 Å². The average Bonchev–Trinajstić information content (AvgIpc) is 4.11. The second-order valence-corrected chi connectivity index (χ2v) is 19.0. The van der Waals surface area contributed by atoms with E-state index in [4.69, 9.17) is 25.2 Å². The second kappa shape index (κ2) is 22.1. The number of amides is 3. The lowest BCUT2D eigenvalue weighted by atomic mass is 10.1. The van der Waals surface area contributed by atoms with Crippen molar-refractivity contribution < 1.29 is 33.4 Å². The summed E-state index contributed by atoms with van der Waals surface area (Å²) in [7, 11) is 1.30. The number of methoxy groups -OCH3 is 1. The van der Waals surface area contributed by atoms with Gasteiger partial charge < -0.3 is 39.5 Å². The van der Waals surface area contributed by atoms with Gasteiger partial charge in [-0.1, -0.05) is 0 Å². The van der Waals surface area contributed by atoms with Crippen molar-refractivity contribution in [3.63, 3.8) is 0 Å². The molecule has 0 bridgehead atoms. The maximum Gasteiger partial charge on any atom is 0.315 e. The number of ether oxygens (including phenoxy) is 3. The molecule has 2 saturated heterocycles. The van der Waals surface area contributed by atoms with Gasteiger partial charge in [0.15, 0.2) is 0 Å². The molecule has 2 atom stereocenters. The zero-order valence-corrected chi connectivity index (χ0v) is 38.5. The molecule has 2 N–H and O–H groups in total. The van der Waals surface area contributed by atoms with Crippen LogP contribution in [0.2, 0.25) is 0 Å². The molecule has 2 fully saturated rings. The SMILES string of the molecule is COC(=O)CC(=O)N1CCc2nc(-c3ccc(OCCCN4CCC[C@H]4C)cc3)sc2C1.C[C@@H]1CCCN1CCCOc1ccc(-c2nc3c(s2)CN(C(=O)CC(N)=O)CC3)cc1. The molecule has 0 saturated carbocycles. The smallest absolute Gasteiger partial charge is 0.315 e. The highest BCUT2D eigenvalue weighted by Crippen LogP contribution is 2.34. The van der Waals surface area contributed by atoms with Crippen LogP contribution in [0.3, 0.4) is 0 Å². The van der Waals surface area contributed by atoms with E-state index in [-0.39, 0.29) is 24.7 Å². The quantitative estimate of drug-likeness (QED) is 0.0760. The van der Waals surface area contributed by atoms with E-state index in [1.54, 1.807) is 32.5 Å². The van der Waals surface area contributed by atoms with Crippen molar-refractivity contribution in [2.45, 2.75) is 103 Å². The van der Waals surface area contributed by atoms with Gasteiger partial charge in [-0.2, -0.15) is 0 Å². The number of esters is 1. The van der Waals surface area contributed by atoms with Gasteiger partial charge in [0, 0.05) is 72.0 Å². The van der Waals surface area contributed by atoms with Crippen LogP contribution in [-0.4, -0.2) is 125 Å². The largest absolute Gasteiger partial charge is 0.494 e. The minimum absolute atomic E-state index is 0.196. The number of carbonyl (C=O) groups is 4. The summed E-state index contributed by atoms with van der Waals surface area (Å²) in [6, 6.07) is 17.6. The molecule has 8 rings (SSSR count). The number of thiazole rings is 2. The third-order valence-electron chi connectivity index (χ3n) is 12.3. The normalized spacial score (nSPS) is 18.6. The molecule has 4 aromatic rings. The number of nitrogens with zero attached hydrogens (tertiary/aromatic N) is 6. The minimum Gasteiger partial charge on any atom is -0.494 e. The van der Waals surface area contributed by atoms with E-state index in [1.165, 1.54) is 45.9 Å². The number of hydrogen-bond acceptors (Lipinski definition) is 13. The Morgan fingerprint density at radius 1 is 0.667 bits per heavy atom. The Morgan fingerprint density at radius 2 is 1.11 bits per heavy atom. The molecule has 14 nitrogen and oxygen atoms in total. The summed E-state index contributed by atoms with van der Waals surface area (Å²) in [6.45, 7) is 12.8. The van der Waals surface area contributed by atoms with Crippen molar-refractivity contribution >= 4 is 46.4 Å². The van der Waals surface area contributed by atoms with Crippen LogP contribution >= 0.6 is 22.7 Å². The highest BCUT2D eigenvalue weighted by Gasteiger charge is 2.27. The monoisotopic (exact) mass is 899 g/mol. The summed E-state index contributed by atoms with van der Waals surface area (Å²) < 4.78 is 16.5. The number of aromatic nitrogens is 2. The molecule has 6 heterocycles. The molecule has 0 unspecified atom stereocenters. The van der Waals surface area contributed by atoms with Crippen molar-refractivity contribution in [1.29, 1.82) is 0 Å². The Bertz CT molecular complexity index is 2180. The average molecular weight is 900 g/mol. The molecule has 0 aliphatic carbocycles. The van der Waals surface area contributed by atoms with E-state index < -0.39 is 11.9 Å². The van der Waals surface area contributed by atoms with Gasteiger partial charge in [0.2, 0.25) is 17.7 Å². The zero-order valence-electron chi connectivity index (χ0n) is 36.9. The molecule has 2 aromatic carbocycles. The van der Waals surface area contributed by atoms with Crippen LogP contribution in [0.4, 0.5) is 0 Å². The first kappa shape index (κ1) is 46.1. The van der Waals surface area contributed by atoms with Crippen molar-refractivity contribution in [3.05, 3.63) is 69.7 Å². The fourth-order valence-electron chi connectivity index (χ4n) is 8.58. The molecule has 0 spiro atoms. The van der Waals surface area contributed by atoms with Gasteiger partial charge in [-0.15, -0.1) is 22.7 Å². The molecule has 16 heteroatoms. The predicted molar refractivity (Wildman–Crippen MR) is 245 cm³/mol. The van der Waals surface area contributed by atoms with Crippen molar-refractivity contribution in [2.75, 3.05) is 59.6 Å². The first-order valence-electron chi connectivity index (χ1n) is 22.3. The number of fused-ring (bicyclic) bond motifs is 2. The Labute approximate surface area is 378 Å². The number of hydrogen-bond donors (Lipinski definition) is 1. The van der Waals surface area contributed by atoms with Crippen LogP contribution in [0.15, 0.2) is 48.5 Å². The number of likely N-dealkylation sites (tertiary alicyclic amines) is 2. The van der Waals surface area contributed by atoms with Crippen molar-refractivity contribution in [2.24, 2.45) is 5.73 Å². The highest BCUT2D eigenvalue weighted by molar-refractivity contribution is 7.15. The summed E-state index contributed by atoms with van der Waals surface area (Å²) in [5, 5.41) is 1.90. The summed E-state index contributed by atoms with van der Waals surface area (Å²) in [5.41, 5.74) is 9.34. The summed E-state index contributed by atoms with van der Waals surface area (Å²) in [6.07, 6.45) is 8.27. The molecule has 3 amide bonds. The molecular weight excluding hydrogens is 839 g/mol. The van der Waals surface area contributed by atoms with Crippen LogP contribution in [0.5, 0.6) is 11.5 Å². The first-order valence-corrected chi connectivity index (χ1v) is 24.0. The Kier molecular flexibility index (Phi) is 16.2. The van der Waals surface area contributed by atoms with Gasteiger partial charge in [0.1, 0.15) is 34.4 Å². The first-order chi connectivity index (χ1) is 30.5. The predicted octanol–water partition coefficient (Wildman–Crippen LogP) is 6.33.